The molecule has 1 fully saturated rings. The zero-order valence-electron chi connectivity index (χ0n) is 15.7. The number of thiophene rings is 1. The second-order valence-corrected chi connectivity index (χ2v) is 8.49. The summed E-state index contributed by atoms with van der Waals surface area (Å²) >= 11 is 7.38. The van der Waals surface area contributed by atoms with Gasteiger partial charge in [0, 0.05) is 44.0 Å². The fourth-order valence-electron chi connectivity index (χ4n) is 3.95. The van der Waals surface area contributed by atoms with E-state index >= 15 is 0 Å². The molecule has 2 aromatic heterocycles. The molecule has 0 amide bonds. The van der Waals surface area contributed by atoms with Crippen molar-refractivity contribution in [3.05, 3.63) is 16.3 Å². The molecule has 0 atom stereocenters. The van der Waals surface area contributed by atoms with Crippen LogP contribution in [0.25, 0.3) is 10.2 Å². The van der Waals surface area contributed by atoms with E-state index < -0.39 is 0 Å². The Hall–Kier alpha value is -1.47. The van der Waals surface area contributed by atoms with Crippen LogP contribution < -0.4 is 10.2 Å². The molecule has 2 aromatic rings. The van der Waals surface area contributed by atoms with E-state index in [-0.39, 0.29) is 0 Å². The lowest BCUT2D eigenvalue weighted by atomic mass is 9.97. The zero-order valence-corrected chi connectivity index (χ0v) is 17.3. The monoisotopic (exact) mass is 389 g/mol. The average molecular weight is 390 g/mol. The van der Waals surface area contributed by atoms with Crippen LogP contribution in [0, 0.1) is 0 Å². The van der Waals surface area contributed by atoms with E-state index in [9.17, 15) is 0 Å². The van der Waals surface area contributed by atoms with Gasteiger partial charge in [-0.05, 0) is 50.4 Å². The number of nitrogens with one attached hydrogen (secondary N) is 1. The van der Waals surface area contributed by atoms with E-state index in [1.165, 1.54) is 47.3 Å². The number of aryl methyl sites for hydroxylation is 3. The number of rotatable bonds is 3. The summed E-state index contributed by atoms with van der Waals surface area (Å²) in [4.78, 5) is 17.3. The number of aromatic nitrogens is 2. The van der Waals surface area contributed by atoms with E-state index in [0.717, 1.165) is 50.1 Å². The highest BCUT2D eigenvalue weighted by molar-refractivity contribution is 7.80. The average Bonchev–Trinajstić information content (AvgIpc) is 3.06. The fourth-order valence-corrected chi connectivity index (χ4v) is 5.55. The quantitative estimate of drug-likeness (QED) is 0.814. The Labute approximate surface area is 164 Å². The Balaban J connectivity index is 1.65. The van der Waals surface area contributed by atoms with E-state index in [2.05, 4.69) is 29.0 Å². The SMILES string of the molecule is CCNC(=S)N1CCN(c2nc(CC)nc3sc4c(c23)CCCC4)CC1. The molecule has 7 heteroatoms. The van der Waals surface area contributed by atoms with Gasteiger partial charge in [-0.25, -0.2) is 9.97 Å². The van der Waals surface area contributed by atoms with E-state index in [0.29, 0.717) is 0 Å². The van der Waals surface area contributed by atoms with Crippen molar-refractivity contribution in [1.82, 2.24) is 20.2 Å². The zero-order chi connectivity index (χ0) is 18.1. The highest BCUT2D eigenvalue weighted by atomic mass is 32.1. The van der Waals surface area contributed by atoms with Crippen molar-refractivity contribution in [2.75, 3.05) is 37.6 Å². The van der Waals surface area contributed by atoms with Crippen LogP contribution in [0.4, 0.5) is 5.82 Å². The van der Waals surface area contributed by atoms with Crippen LogP contribution in [-0.2, 0) is 19.3 Å². The van der Waals surface area contributed by atoms with E-state index in [4.69, 9.17) is 22.2 Å². The van der Waals surface area contributed by atoms with Crippen LogP contribution in [-0.4, -0.2) is 52.7 Å². The summed E-state index contributed by atoms with van der Waals surface area (Å²) in [6.07, 6.45) is 5.88. The van der Waals surface area contributed by atoms with Gasteiger partial charge < -0.3 is 15.1 Å². The third kappa shape index (κ3) is 3.27. The van der Waals surface area contributed by atoms with Gasteiger partial charge in [0.05, 0.1) is 5.39 Å². The summed E-state index contributed by atoms with van der Waals surface area (Å²) in [5.74, 6) is 2.14. The van der Waals surface area contributed by atoms with Gasteiger partial charge in [0.2, 0.25) is 0 Å². The maximum Gasteiger partial charge on any atom is 0.169 e. The van der Waals surface area contributed by atoms with Gasteiger partial charge in [-0.3, -0.25) is 0 Å². The third-order valence-electron chi connectivity index (χ3n) is 5.35. The molecule has 3 heterocycles. The maximum absolute atomic E-state index is 5.48. The molecule has 0 radical (unpaired) electrons. The summed E-state index contributed by atoms with van der Waals surface area (Å²) in [5, 5.41) is 5.48. The molecule has 4 rings (SSSR count). The molecule has 0 bridgehead atoms. The molecule has 1 saturated heterocycles. The van der Waals surface area contributed by atoms with Crippen molar-refractivity contribution in [1.29, 1.82) is 0 Å². The molecule has 1 aliphatic carbocycles. The Morgan fingerprint density at radius 1 is 1.12 bits per heavy atom. The standard InChI is InChI=1S/C19H27N5S2/c1-3-15-21-17(23-9-11-24(12-10-23)19(25)20-4-2)16-13-7-5-6-8-14(13)26-18(16)22-15/h3-12H2,1-2H3,(H,20,25). The van der Waals surface area contributed by atoms with Gasteiger partial charge in [0.25, 0.3) is 0 Å². The molecular weight excluding hydrogens is 362 g/mol. The smallest absolute Gasteiger partial charge is 0.169 e. The Morgan fingerprint density at radius 2 is 1.88 bits per heavy atom. The molecular formula is C19H27N5S2. The molecule has 0 saturated carbocycles. The van der Waals surface area contributed by atoms with Crippen LogP contribution in [0.3, 0.4) is 0 Å². The van der Waals surface area contributed by atoms with E-state index in [1.54, 1.807) is 4.88 Å². The highest BCUT2D eigenvalue weighted by Crippen LogP contribution is 2.40. The van der Waals surface area contributed by atoms with Crippen LogP contribution in [0.5, 0.6) is 0 Å². The lowest BCUT2D eigenvalue weighted by Crippen LogP contribution is -2.52. The summed E-state index contributed by atoms with van der Waals surface area (Å²) < 4.78 is 0. The van der Waals surface area contributed by atoms with Crippen molar-refractivity contribution in [3.8, 4) is 0 Å². The first-order valence-corrected chi connectivity index (χ1v) is 11.0. The lowest BCUT2D eigenvalue weighted by molar-refractivity contribution is 0.380. The molecule has 2 aliphatic rings. The Bertz CT molecular complexity index is 808. The number of hydrogen-bond acceptors (Lipinski definition) is 5. The Morgan fingerprint density at radius 3 is 2.62 bits per heavy atom. The molecule has 1 aliphatic heterocycles. The van der Waals surface area contributed by atoms with Gasteiger partial charge in [-0.1, -0.05) is 6.92 Å². The number of thiocarbonyl (C=S) groups is 1. The lowest BCUT2D eigenvalue weighted by Gasteiger charge is -2.37. The first kappa shape index (κ1) is 17.9. The molecule has 26 heavy (non-hydrogen) atoms. The summed E-state index contributed by atoms with van der Waals surface area (Å²) in [6.45, 7) is 8.94. The van der Waals surface area contributed by atoms with Gasteiger partial charge in [0.15, 0.2) is 5.11 Å². The van der Waals surface area contributed by atoms with Crippen molar-refractivity contribution >= 4 is 44.7 Å². The van der Waals surface area contributed by atoms with Crippen molar-refractivity contribution in [3.63, 3.8) is 0 Å². The molecule has 140 valence electrons. The predicted molar refractivity (Wildman–Crippen MR) is 113 cm³/mol. The second kappa shape index (κ2) is 7.64. The summed E-state index contributed by atoms with van der Waals surface area (Å²) in [7, 11) is 0. The van der Waals surface area contributed by atoms with Gasteiger partial charge >= 0.3 is 0 Å². The van der Waals surface area contributed by atoms with Crippen LogP contribution >= 0.6 is 23.6 Å². The molecule has 5 nitrogen and oxygen atoms in total. The van der Waals surface area contributed by atoms with Gasteiger partial charge in [-0.2, -0.15) is 0 Å². The second-order valence-electron chi connectivity index (χ2n) is 7.02. The van der Waals surface area contributed by atoms with Gasteiger partial charge in [0.1, 0.15) is 16.5 Å². The van der Waals surface area contributed by atoms with Gasteiger partial charge in [-0.15, -0.1) is 11.3 Å². The number of anilines is 1. The van der Waals surface area contributed by atoms with Crippen molar-refractivity contribution in [2.24, 2.45) is 0 Å². The molecule has 0 unspecified atom stereocenters. The van der Waals surface area contributed by atoms with Crippen molar-refractivity contribution < 1.29 is 0 Å². The minimum atomic E-state index is 0.877. The summed E-state index contributed by atoms with van der Waals surface area (Å²) in [6, 6.07) is 0. The number of piperazine rings is 1. The fraction of sp³-hybridized carbons (Fsp3) is 0.632. The van der Waals surface area contributed by atoms with Crippen LogP contribution in [0.15, 0.2) is 0 Å². The minimum Gasteiger partial charge on any atom is -0.363 e. The normalized spacial score (nSPS) is 17.5. The molecule has 0 spiro atoms. The number of fused-ring (bicyclic) bond motifs is 3. The molecule has 0 aromatic carbocycles. The van der Waals surface area contributed by atoms with Crippen molar-refractivity contribution in [2.45, 2.75) is 46.0 Å². The topological polar surface area (TPSA) is 44.3 Å². The number of nitrogens with zero attached hydrogens (tertiary/aromatic N) is 4. The first-order valence-electron chi connectivity index (χ1n) is 9.80. The number of hydrogen-bond donors (Lipinski definition) is 1. The first-order chi connectivity index (χ1) is 12.7. The van der Waals surface area contributed by atoms with E-state index in [1.807, 2.05) is 11.3 Å². The largest absolute Gasteiger partial charge is 0.363 e. The highest BCUT2D eigenvalue weighted by Gasteiger charge is 2.26. The minimum absolute atomic E-state index is 0.877. The third-order valence-corrected chi connectivity index (χ3v) is 6.94. The predicted octanol–water partition coefficient (Wildman–Crippen LogP) is 3.15. The molecule has 1 N–H and O–H groups in total. The van der Waals surface area contributed by atoms with Crippen LogP contribution in [0.1, 0.15) is 43.0 Å². The van der Waals surface area contributed by atoms with Crippen LogP contribution in [0.2, 0.25) is 0 Å². The Kier molecular flexibility index (Phi) is 5.27. The maximum atomic E-state index is 5.48. The summed E-state index contributed by atoms with van der Waals surface area (Å²) in [5.41, 5.74) is 1.53.